The molecule has 0 aliphatic rings. The number of rotatable bonds is 60. The zero-order valence-electron chi connectivity index (χ0n) is 54.4. The minimum absolute atomic E-state index is 0.0338. The predicted octanol–water partition coefficient (Wildman–Crippen LogP) is 20.8. The lowest BCUT2D eigenvalue weighted by atomic mass is 10.0. The molecular formula is C73H127N2O7P. The molecule has 0 aromatic rings. The number of likely N-dealkylation sites (N-methyl/N-ethyl adjacent to an activating group) is 1. The number of carbonyl (C=O) groups excluding carboxylic acids is 2. The lowest BCUT2D eigenvalue weighted by Gasteiger charge is -2.30. The summed E-state index contributed by atoms with van der Waals surface area (Å²) in [6.45, 7) is 6.68. The Kier molecular flexibility index (Phi) is 58.8. The molecule has 1 N–H and O–H groups in total. The Morgan fingerprint density at radius 3 is 1.18 bits per heavy atom. The number of nitrogens with one attached hydrogen (secondary N) is 1. The summed E-state index contributed by atoms with van der Waals surface area (Å²) in [5.41, 5.74) is 0. The SMILES string of the molecule is CC/C=C\C/C=C\C/C=C\C/C=C\C/C=C\C/C=C\CCCCCCCCCCC(=O)NC(COP(=O)([O-])OCC[N+](C)(C)C)C(/C=C\CCCCCCCCCCCCC)OC(=O)CCCCCC/C=C\C/C=C\C/C=C\CCCCC. The first-order valence-electron chi connectivity index (χ1n) is 33.8. The maximum absolute atomic E-state index is 13.6. The van der Waals surface area contributed by atoms with E-state index in [1.807, 2.05) is 33.3 Å². The number of carbonyl (C=O) groups is 2. The second-order valence-corrected chi connectivity index (χ2v) is 25.0. The molecule has 0 radical (unpaired) electrons. The molecule has 476 valence electrons. The van der Waals surface area contributed by atoms with Crippen LogP contribution in [0.4, 0.5) is 0 Å². The third-order valence-electron chi connectivity index (χ3n) is 14.4. The van der Waals surface area contributed by atoms with Crippen molar-refractivity contribution in [2.75, 3.05) is 40.9 Å². The average molecular weight is 1180 g/mol. The van der Waals surface area contributed by atoms with Gasteiger partial charge >= 0.3 is 5.97 Å². The van der Waals surface area contributed by atoms with E-state index in [2.05, 4.69) is 135 Å². The standard InChI is InChI=1S/C73H127N2O7P/c1-7-10-13-16-19-22-25-28-30-32-33-34-35-36-37-38-39-40-41-43-44-47-50-53-56-59-62-65-72(76)74-70(69-81-83(78,79)80-68-67-75(4,5)6)71(64-61-58-55-52-49-46-27-24-21-18-15-12-9-3)82-73(77)66-63-60-57-54-51-48-45-42-31-29-26-23-20-17-14-11-8-2/h10,13,19-20,22-23,28-31,33-34,36-37,39-40,45,48,61,64,70-71H,7-9,11-12,14-18,21,24-27,32,35,38,41-44,46-47,49-60,62-63,65-69H2,1-6H3,(H-,74,76,78,79)/b13-10-,22-19-,23-20-,30-28-,31-29-,34-33-,37-36-,40-39-,48-45-,64-61-. The average Bonchev–Trinajstić information content (AvgIpc) is 3.47. The summed E-state index contributed by atoms with van der Waals surface area (Å²) in [5, 5.41) is 3.03. The lowest BCUT2D eigenvalue weighted by Crippen LogP contribution is -2.47. The van der Waals surface area contributed by atoms with Crippen molar-refractivity contribution in [3.8, 4) is 0 Å². The largest absolute Gasteiger partial charge is 0.756 e. The van der Waals surface area contributed by atoms with Crippen LogP contribution in [-0.4, -0.2) is 69.4 Å². The molecule has 0 bridgehead atoms. The van der Waals surface area contributed by atoms with Crippen LogP contribution in [0.3, 0.4) is 0 Å². The Morgan fingerprint density at radius 2 is 0.771 bits per heavy atom. The molecule has 0 fully saturated rings. The number of unbranched alkanes of at least 4 members (excludes halogenated alkanes) is 26. The predicted molar refractivity (Wildman–Crippen MR) is 357 cm³/mol. The fourth-order valence-corrected chi connectivity index (χ4v) is 9.90. The van der Waals surface area contributed by atoms with Gasteiger partial charge in [0.2, 0.25) is 5.91 Å². The molecule has 10 heteroatoms. The summed E-state index contributed by atoms with van der Waals surface area (Å²) in [4.78, 5) is 40.1. The van der Waals surface area contributed by atoms with E-state index >= 15 is 0 Å². The van der Waals surface area contributed by atoms with Crippen molar-refractivity contribution in [1.82, 2.24) is 5.32 Å². The second kappa shape index (κ2) is 61.5. The molecule has 1 amide bonds. The Morgan fingerprint density at radius 1 is 0.434 bits per heavy atom. The van der Waals surface area contributed by atoms with Gasteiger partial charge in [-0.25, -0.2) is 0 Å². The molecule has 3 atom stereocenters. The molecule has 83 heavy (non-hydrogen) atoms. The van der Waals surface area contributed by atoms with Crippen molar-refractivity contribution in [2.45, 2.75) is 290 Å². The molecule has 0 heterocycles. The van der Waals surface area contributed by atoms with E-state index in [0.29, 0.717) is 23.9 Å². The molecule has 0 rings (SSSR count). The van der Waals surface area contributed by atoms with Gasteiger partial charge in [0.1, 0.15) is 19.3 Å². The van der Waals surface area contributed by atoms with Gasteiger partial charge in [0, 0.05) is 12.8 Å². The van der Waals surface area contributed by atoms with E-state index < -0.39 is 26.6 Å². The number of allylic oxidation sites excluding steroid dienone is 19. The van der Waals surface area contributed by atoms with Gasteiger partial charge in [-0.2, -0.15) is 0 Å². The number of ether oxygens (including phenoxy) is 1. The highest BCUT2D eigenvalue weighted by molar-refractivity contribution is 7.45. The molecule has 3 unspecified atom stereocenters. The number of esters is 1. The van der Waals surface area contributed by atoms with Crippen LogP contribution in [0.2, 0.25) is 0 Å². The zero-order chi connectivity index (χ0) is 60.7. The normalized spacial score (nSPS) is 14.3. The Bertz CT molecular complexity index is 1830. The molecule has 0 saturated heterocycles. The summed E-state index contributed by atoms with van der Waals surface area (Å²) < 4.78 is 30.4. The van der Waals surface area contributed by atoms with Crippen LogP contribution in [-0.2, 0) is 27.9 Å². The first kappa shape index (κ1) is 79.4. The summed E-state index contributed by atoms with van der Waals surface area (Å²) in [6.07, 6.45) is 85.9. The van der Waals surface area contributed by atoms with Crippen molar-refractivity contribution in [3.05, 3.63) is 122 Å². The molecular weight excluding hydrogens is 1050 g/mol. The number of phosphoric ester groups is 1. The summed E-state index contributed by atoms with van der Waals surface area (Å²) in [6, 6.07) is -0.911. The smallest absolute Gasteiger partial charge is 0.306 e. The van der Waals surface area contributed by atoms with Crippen LogP contribution in [0.15, 0.2) is 122 Å². The maximum atomic E-state index is 13.6. The highest BCUT2D eigenvalue weighted by Crippen LogP contribution is 2.38. The number of quaternary nitrogens is 1. The van der Waals surface area contributed by atoms with Crippen molar-refractivity contribution in [3.63, 3.8) is 0 Å². The molecule has 0 aliphatic heterocycles. The third-order valence-corrected chi connectivity index (χ3v) is 15.3. The van der Waals surface area contributed by atoms with Crippen LogP contribution in [0, 0.1) is 0 Å². The van der Waals surface area contributed by atoms with Gasteiger partial charge in [-0.3, -0.25) is 14.2 Å². The molecule has 0 aromatic heterocycles. The highest BCUT2D eigenvalue weighted by atomic mass is 31.2. The van der Waals surface area contributed by atoms with Crippen molar-refractivity contribution < 1.29 is 37.3 Å². The van der Waals surface area contributed by atoms with E-state index in [1.165, 1.54) is 109 Å². The molecule has 9 nitrogen and oxygen atoms in total. The molecule has 0 aromatic carbocycles. The van der Waals surface area contributed by atoms with E-state index in [1.54, 1.807) is 0 Å². The molecule has 0 aliphatic carbocycles. The monoisotopic (exact) mass is 1170 g/mol. The zero-order valence-corrected chi connectivity index (χ0v) is 55.3. The minimum Gasteiger partial charge on any atom is -0.756 e. The van der Waals surface area contributed by atoms with Gasteiger partial charge in [0.25, 0.3) is 7.82 Å². The van der Waals surface area contributed by atoms with Gasteiger partial charge in [-0.05, 0) is 122 Å². The van der Waals surface area contributed by atoms with Crippen LogP contribution in [0.5, 0.6) is 0 Å². The topological polar surface area (TPSA) is 114 Å². The van der Waals surface area contributed by atoms with Crippen molar-refractivity contribution in [1.29, 1.82) is 0 Å². The fourth-order valence-electron chi connectivity index (χ4n) is 9.18. The summed E-state index contributed by atoms with van der Waals surface area (Å²) in [5.74, 6) is -0.579. The number of hydrogen-bond donors (Lipinski definition) is 1. The summed E-state index contributed by atoms with van der Waals surface area (Å²) >= 11 is 0. The number of hydrogen-bond acceptors (Lipinski definition) is 7. The van der Waals surface area contributed by atoms with Gasteiger partial charge in [0.15, 0.2) is 0 Å². The van der Waals surface area contributed by atoms with Gasteiger partial charge in [-0.15, -0.1) is 0 Å². The number of nitrogens with zero attached hydrogens (tertiary/aromatic N) is 1. The van der Waals surface area contributed by atoms with Crippen LogP contribution >= 0.6 is 7.82 Å². The highest BCUT2D eigenvalue weighted by Gasteiger charge is 2.27. The van der Waals surface area contributed by atoms with Gasteiger partial charge in [-0.1, -0.05) is 265 Å². The first-order valence-corrected chi connectivity index (χ1v) is 35.3. The summed E-state index contributed by atoms with van der Waals surface area (Å²) in [7, 11) is 1.15. The molecule has 0 saturated carbocycles. The van der Waals surface area contributed by atoms with Gasteiger partial charge in [0.05, 0.1) is 33.8 Å². The lowest BCUT2D eigenvalue weighted by molar-refractivity contribution is -0.870. The Balaban J connectivity index is 5.20. The molecule has 0 spiro atoms. The maximum Gasteiger partial charge on any atom is 0.306 e. The van der Waals surface area contributed by atoms with Gasteiger partial charge < -0.3 is 28.5 Å². The minimum atomic E-state index is -4.72. The number of amides is 1. The second-order valence-electron chi connectivity index (χ2n) is 23.6. The van der Waals surface area contributed by atoms with Crippen LogP contribution < -0.4 is 10.2 Å². The Labute approximate surface area is 512 Å². The number of phosphoric acid groups is 1. The fraction of sp³-hybridized carbons (Fsp3) is 0.699. The van der Waals surface area contributed by atoms with Crippen molar-refractivity contribution >= 4 is 19.7 Å². The van der Waals surface area contributed by atoms with E-state index in [9.17, 15) is 19.0 Å². The van der Waals surface area contributed by atoms with Crippen molar-refractivity contribution in [2.24, 2.45) is 0 Å². The quantitative estimate of drug-likeness (QED) is 0.0212. The van der Waals surface area contributed by atoms with E-state index in [0.717, 1.165) is 128 Å². The van der Waals surface area contributed by atoms with E-state index in [-0.39, 0.29) is 24.9 Å². The van der Waals surface area contributed by atoms with E-state index in [4.69, 9.17) is 13.8 Å². The van der Waals surface area contributed by atoms with Crippen LogP contribution in [0.25, 0.3) is 0 Å². The first-order chi connectivity index (χ1) is 40.4. The van der Waals surface area contributed by atoms with Crippen LogP contribution in [0.1, 0.15) is 278 Å². The Hall–Kier alpha value is -3.59. The third kappa shape index (κ3) is 62.8.